The molecular formula is C22H25N3O2S. The molecule has 0 unspecified atom stereocenters. The number of rotatable bonds is 8. The molecule has 1 aromatic heterocycles. The van der Waals surface area contributed by atoms with Crippen LogP contribution in [0.5, 0.6) is 5.75 Å². The number of carbonyl (C=O) groups excluding carboxylic acids is 1. The van der Waals surface area contributed by atoms with E-state index in [1.165, 1.54) is 11.3 Å². The molecule has 0 saturated carbocycles. The SMILES string of the molecule is CCNCc1ccccc1NC(=O)c1sc(-c2ccc(OCC)cc2)nc1C. The first-order chi connectivity index (χ1) is 13.6. The second-order valence-electron chi connectivity index (χ2n) is 6.28. The van der Waals surface area contributed by atoms with Gasteiger partial charge >= 0.3 is 0 Å². The summed E-state index contributed by atoms with van der Waals surface area (Å²) >= 11 is 1.40. The lowest BCUT2D eigenvalue weighted by Crippen LogP contribution is -2.17. The van der Waals surface area contributed by atoms with E-state index in [0.29, 0.717) is 18.0 Å². The lowest BCUT2D eigenvalue weighted by atomic mass is 10.1. The fourth-order valence-corrected chi connectivity index (χ4v) is 3.79. The lowest BCUT2D eigenvalue weighted by molar-refractivity contribution is 0.102. The highest BCUT2D eigenvalue weighted by molar-refractivity contribution is 7.17. The molecule has 28 heavy (non-hydrogen) atoms. The number of hydrogen-bond acceptors (Lipinski definition) is 5. The van der Waals surface area contributed by atoms with Crippen molar-refractivity contribution in [2.24, 2.45) is 0 Å². The molecule has 0 saturated heterocycles. The van der Waals surface area contributed by atoms with Gasteiger partial charge < -0.3 is 15.4 Å². The summed E-state index contributed by atoms with van der Waals surface area (Å²) in [6, 6.07) is 15.6. The van der Waals surface area contributed by atoms with Gasteiger partial charge in [-0.1, -0.05) is 25.1 Å². The number of para-hydroxylation sites is 1. The molecule has 2 N–H and O–H groups in total. The van der Waals surface area contributed by atoms with E-state index >= 15 is 0 Å². The van der Waals surface area contributed by atoms with Crippen LogP contribution in [-0.4, -0.2) is 24.0 Å². The number of amides is 1. The van der Waals surface area contributed by atoms with Crippen molar-refractivity contribution < 1.29 is 9.53 Å². The molecule has 0 radical (unpaired) electrons. The van der Waals surface area contributed by atoms with Crippen molar-refractivity contribution in [2.75, 3.05) is 18.5 Å². The molecule has 6 heteroatoms. The highest BCUT2D eigenvalue weighted by Gasteiger charge is 2.17. The van der Waals surface area contributed by atoms with Gasteiger partial charge in [-0.05, 0) is 56.3 Å². The van der Waals surface area contributed by atoms with E-state index in [9.17, 15) is 4.79 Å². The van der Waals surface area contributed by atoms with Gasteiger partial charge in [-0.15, -0.1) is 11.3 Å². The highest BCUT2D eigenvalue weighted by atomic mass is 32.1. The first-order valence-corrected chi connectivity index (χ1v) is 10.2. The van der Waals surface area contributed by atoms with Crippen molar-refractivity contribution in [3.8, 4) is 16.3 Å². The molecule has 0 aliphatic carbocycles. The van der Waals surface area contributed by atoms with E-state index in [4.69, 9.17) is 4.74 Å². The Morgan fingerprint density at radius 1 is 1.11 bits per heavy atom. The van der Waals surface area contributed by atoms with Gasteiger partial charge in [-0.3, -0.25) is 4.79 Å². The molecule has 1 heterocycles. The Hall–Kier alpha value is -2.70. The summed E-state index contributed by atoms with van der Waals surface area (Å²) in [6.45, 7) is 8.11. The lowest BCUT2D eigenvalue weighted by Gasteiger charge is -2.10. The fraction of sp³-hybridized carbons (Fsp3) is 0.273. The van der Waals surface area contributed by atoms with Crippen molar-refractivity contribution in [3.05, 3.63) is 64.7 Å². The van der Waals surface area contributed by atoms with Crippen LogP contribution in [0.25, 0.3) is 10.6 Å². The highest BCUT2D eigenvalue weighted by Crippen LogP contribution is 2.30. The third-order valence-corrected chi connectivity index (χ3v) is 5.45. The van der Waals surface area contributed by atoms with Crippen LogP contribution in [0.1, 0.15) is 34.8 Å². The van der Waals surface area contributed by atoms with Crippen molar-refractivity contribution in [2.45, 2.75) is 27.3 Å². The Morgan fingerprint density at radius 3 is 2.57 bits per heavy atom. The van der Waals surface area contributed by atoms with E-state index in [2.05, 4.69) is 22.5 Å². The van der Waals surface area contributed by atoms with Gasteiger partial charge in [0.2, 0.25) is 0 Å². The molecule has 0 aliphatic rings. The average molecular weight is 396 g/mol. The minimum absolute atomic E-state index is 0.129. The summed E-state index contributed by atoms with van der Waals surface area (Å²) in [5, 5.41) is 7.16. The number of carbonyl (C=O) groups is 1. The van der Waals surface area contributed by atoms with Gasteiger partial charge in [0, 0.05) is 17.8 Å². The van der Waals surface area contributed by atoms with Gasteiger partial charge in [0.25, 0.3) is 5.91 Å². The second-order valence-corrected chi connectivity index (χ2v) is 7.28. The predicted molar refractivity (Wildman–Crippen MR) is 115 cm³/mol. The number of aromatic nitrogens is 1. The molecular weight excluding hydrogens is 370 g/mol. The van der Waals surface area contributed by atoms with Crippen LogP contribution in [0.4, 0.5) is 5.69 Å². The zero-order chi connectivity index (χ0) is 19.9. The third kappa shape index (κ3) is 4.77. The Labute approximate surface area is 169 Å². The number of nitrogens with zero attached hydrogens (tertiary/aromatic N) is 1. The van der Waals surface area contributed by atoms with Crippen LogP contribution in [0, 0.1) is 6.92 Å². The number of hydrogen-bond donors (Lipinski definition) is 2. The van der Waals surface area contributed by atoms with Crippen LogP contribution in [-0.2, 0) is 6.54 Å². The Kier molecular flexibility index (Phi) is 6.79. The van der Waals surface area contributed by atoms with Gasteiger partial charge in [-0.2, -0.15) is 0 Å². The summed E-state index contributed by atoms with van der Waals surface area (Å²) in [5.41, 5.74) is 3.59. The normalized spacial score (nSPS) is 10.7. The van der Waals surface area contributed by atoms with Crippen LogP contribution >= 0.6 is 11.3 Å². The van der Waals surface area contributed by atoms with Gasteiger partial charge in [0.05, 0.1) is 12.3 Å². The number of benzene rings is 2. The van der Waals surface area contributed by atoms with Crippen LogP contribution in [0.3, 0.4) is 0 Å². The predicted octanol–water partition coefficient (Wildman–Crippen LogP) is 4.88. The standard InChI is InChI=1S/C22H25N3O2S/c1-4-23-14-17-8-6-7-9-19(17)25-21(26)20-15(3)24-22(28-20)16-10-12-18(13-11-16)27-5-2/h6-13,23H,4-5,14H2,1-3H3,(H,25,26). The van der Waals surface area contributed by atoms with Crippen LogP contribution < -0.4 is 15.4 Å². The van der Waals surface area contributed by atoms with Gasteiger partial charge in [-0.25, -0.2) is 4.98 Å². The number of anilines is 1. The minimum atomic E-state index is -0.129. The first-order valence-electron chi connectivity index (χ1n) is 9.43. The van der Waals surface area contributed by atoms with Gasteiger partial charge in [0.15, 0.2) is 0 Å². The van der Waals surface area contributed by atoms with Crippen molar-refractivity contribution in [1.82, 2.24) is 10.3 Å². The molecule has 0 fully saturated rings. The maximum Gasteiger partial charge on any atom is 0.267 e. The number of nitrogens with one attached hydrogen (secondary N) is 2. The maximum atomic E-state index is 12.9. The molecule has 0 spiro atoms. The van der Waals surface area contributed by atoms with Gasteiger partial charge in [0.1, 0.15) is 15.6 Å². The molecule has 1 amide bonds. The van der Waals surface area contributed by atoms with Crippen LogP contribution in [0.15, 0.2) is 48.5 Å². The quantitative estimate of drug-likeness (QED) is 0.571. The van der Waals surface area contributed by atoms with Crippen molar-refractivity contribution >= 4 is 22.9 Å². The summed E-state index contributed by atoms with van der Waals surface area (Å²) in [7, 11) is 0. The van der Waals surface area contributed by atoms with E-state index < -0.39 is 0 Å². The fourth-order valence-electron chi connectivity index (χ4n) is 2.83. The largest absolute Gasteiger partial charge is 0.494 e. The number of thiazole rings is 1. The Bertz CT molecular complexity index is 935. The summed E-state index contributed by atoms with van der Waals surface area (Å²) in [4.78, 5) is 18.1. The van der Waals surface area contributed by atoms with E-state index in [1.807, 2.05) is 62.4 Å². The third-order valence-electron chi connectivity index (χ3n) is 4.25. The molecule has 0 atom stereocenters. The zero-order valence-corrected chi connectivity index (χ0v) is 17.2. The number of aryl methyl sites for hydroxylation is 1. The van der Waals surface area contributed by atoms with Crippen molar-refractivity contribution in [1.29, 1.82) is 0 Å². The molecule has 3 rings (SSSR count). The monoisotopic (exact) mass is 395 g/mol. The van der Waals surface area contributed by atoms with Crippen molar-refractivity contribution in [3.63, 3.8) is 0 Å². The average Bonchev–Trinajstić information content (AvgIpc) is 3.10. The molecule has 5 nitrogen and oxygen atoms in total. The summed E-state index contributed by atoms with van der Waals surface area (Å²) in [6.07, 6.45) is 0. The molecule has 0 bridgehead atoms. The van der Waals surface area contributed by atoms with E-state index in [0.717, 1.165) is 39.8 Å². The topological polar surface area (TPSA) is 63.2 Å². The molecule has 3 aromatic rings. The Balaban J connectivity index is 1.78. The Morgan fingerprint density at radius 2 is 1.86 bits per heavy atom. The maximum absolute atomic E-state index is 12.9. The minimum Gasteiger partial charge on any atom is -0.494 e. The molecule has 2 aromatic carbocycles. The molecule has 146 valence electrons. The number of ether oxygens (including phenoxy) is 1. The molecule has 0 aliphatic heterocycles. The summed E-state index contributed by atoms with van der Waals surface area (Å²) in [5.74, 6) is 0.700. The second kappa shape index (κ2) is 9.48. The smallest absolute Gasteiger partial charge is 0.267 e. The zero-order valence-electron chi connectivity index (χ0n) is 16.4. The summed E-state index contributed by atoms with van der Waals surface area (Å²) < 4.78 is 5.48. The van der Waals surface area contributed by atoms with E-state index in [-0.39, 0.29) is 5.91 Å². The van der Waals surface area contributed by atoms with E-state index in [1.54, 1.807) is 0 Å². The van der Waals surface area contributed by atoms with Crippen LogP contribution in [0.2, 0.25) is 0 Å². The first kappa shape index (κ1) is 20.0.